The van der Waals surface area contributed by atoms with E-state index in [1.165, 1.54) is 11.3 Å². The largest absolute Gasteiger partial charge is 0.437 e. The van der Waals surface area contributed by atoms with Crippen molar-refractivity contribution in [2.75, 3.05) is 0 Å². The normalized spacial score (nSPS) is 11.0. The quantitative estimate of drug-likeness (QED) is 0.578. The van der Waals surface area contributed by atoms with Crippen molar-refractivity contribution in [3.05, 3.63) is 53.3 Å². The number of oxazole rings is 1. The molecular formula is C17H14N6O2S. The van der Waals surface area contributed by atoms with Gasteiger partial charge >= 0.3 is 0 Å². The van der Waals surface area contributed by atoms with Gasteiger partial charge in [-0.2, -0.15) is 4.98 Å². The number of hydrogen-bond acceptors (Lipinski definition) is 8. The third-order valence-corrected chi connectivity index (χ3v) is 4.70. The molecule has 0 bridgehead atoms. The van der Waals surface area contributed by atoms with Gasteiger partial charge in [-0.1, -0.05) is 6.92 Å². The number of carbonyl (C=O) groups excluding carboxylic acids is 1. The van der Waals surface area contributed by atoms with E-state index in [9.17, 15) is 4.79 Å². The summed E-state index contributed by atoms with van der Waals surface area (Å²) in [6, 6.07) is 5.29. The summed E-state index contributed by atoms with van der Waals surface area (Å²) in [4.78, 5) is 34.4. The van der Waals surface area contributed by atoms with E-state index in [0.29, 0.717) is 44.9 Å². The molecule has 0 saturated heterocycles. The molecular weight excluding hydrogens is 352 g/mol. The molecule has 0 fully saturated rings. The van der Waals surface area contributed by atoms with Crippen molar-refractivity contribution in [3.63, 3.8) is 0 Å². The number of nitrogens with zero attached hydrogens (tertiary/aromatic N) is 5. The van der Waals surface area contributed by atoms with Crippen LogP contribution in [-0.4, -0.2) is 30.8 Å². The number of aromatic nitrogens is 5. The van der Waals surface area contributed by atoms with Gasteiger partial charge in [0.2, 0.25) is 5.89 Å². The lowest BCUT2D eigenvalue weighted by molar-refractivity contribution is 0.0950. The topological polar surface area (TPSA) is 107 Å². The summed E-state index contributed by atoms with van der Waals surface area (Å²) in [6.07, 6.45) is 5.58. The highest BCUT2D eigenvalue weighted by Gasteiger charge is 2.19. The van der Waals surface area contributed by atoms with Gasteiger partial charge in [-0.05, 0) is 24.6 Å². The van der Waals surface area contributed by atoms with Crippen LogP contribution in [0.15, 0.2) is 41.2 Å². The first kappa shape index (κ1) is 16.3. The Bertz CT molecular complexity index is 1030. The van der Waals surface area contributed by atoms with Crippen molar-refractivity contribution in [1.29, 1.82) is 0 Å². The summed E-state index contributed by atoms with van der Waals surface area (Å²) < 4.78 is 5.56. The highest BCUT2D eigenvalue weighted by atomic mass is 32.1. The third kappa shape index (κ3) is 3.16. The van der Waals surface area contributed by atoms with Gasteiger partial charge in [0.1, 0.15) is 4.88 Å². The maximum Gasteiger partial charge on any atom is 0.263 e. The average molecular weight is 366 g/mol. The molecule has 8 nitrogen and oxygen atoms in total. The predicted molar refractivity (Wildman–Crippen MR) is 95.5 cm³/mol. The molecule has 0 spiro atoms. The van der Waals surface area contributed by atoms with E-state index in [0.717, 1.165) is 0 Å². The number of hydrogen-bond donors (Lipinski definition) is 1. The molecule has 0 aliphatic heterocycles. The van der Waals surface area contributed by atoms with Crippen LogP contribution in [0.3, 0.4) is 0 Å². The Hall–Kier alpha value is -3.20. The zero-order valence-electron chi connectivity index (χ0n) is 13.8. The molecule has 0 atom stereocenters. The van der Waals surface area contributed by atoms with Crippen molar-refractivity contribution in [1.82, 2.24) is 30.2 Å². The summed E-state index contributed by atoms with van der Waals surface area (Å²) in [6.45, 7) is 2.13. The number of pyridine rings is 1. The van der Waals surface area contributed by atoms with E-state index >= 15 is 0 Å². The SMILES string of the molecule is CCc1nc(-c2ncccn2)sc1C(=O)NCc1nc2ncccc2o1. The van der Waals surface area contributed by atoms with Crippen LogP contribution < -0.4 is 5.32 Å². The van der Waals surface area contributed by atoms with Crippen LogP contribution in [-0.2, 0) is 13.0 Å². The smallest absolute Gasteiger partial charge is 0.263 e. The van der Waals surface area contributed by atoms with E-state index in [-0.39, 0.29) is 12.5 Å². The number of nitrogens with one attached hydrogen (secondary N) is 1. The van der Waals surface area contributed by atoms with Crippen molar-refractivity contribution in [3.8, 4) is 10.8 Å². The molecule has 0 aliphatic carbocycles. The number of aryl methyl sites for hydroxylation is 1. The van der Waals surface area contributed by atoms with Crippen LogP contribution in [0.4, 0.5) is 0 Å². The summed E-state index contributed by atoms with van der Waals surface area (Å²) >= 11 is 1.27. The minimum atomic E-state index is -0.225. The van der Waals surface area contributed by atoms with Crippen LogP contribution in [0.1, 0.15) is 28.2 Å². The van der Waals surface area contributed by atoms with Gasteiger partial charge in [0.15, 0.2) is 22.1 Å². The number of amides is 1. The van der Waals surface area contributed by atoms with E-state index in [2.05, 4.69) is 30.2 Å². The van der Waals surface area contributed by atoms with E-state index in [4.69, 9.17) is 4.42 Å². The Morgan fingerprint density at radius 1 is 1.15 bits per heavy atom. The van der Waals surface area contributed by atoms with Crippen molar-refractivity contribution in [2.24, 2.45) is 0 Å². The minimum absolute atomic E-state index is 0.174. The zero-order chi connectivity index (χ0) is 17.9. The van der Waals surface area contributed by atoms with Crippen molar-refractivity contribution in [2.45, 2.75) is 19.9 Å². The standard InChI is InChI=1S/C17H14N6O2S/c1-2-10-13(26-17(22-10)15-19-7-4-8-20-15)16(24)21-9-12-23-14-11(25-12)5-3-6-18-14/h3-8H,2,9H2,1H3,(H,21,24). The van der Waals surface area contributed by atoms with Gasteiger partial charge in [-0.25, -0.2) is 19.9 Å². The lowest BCUT2D eigenvalue weighted by Crippen LogP contribution is -2.23. The monoisotopic (exact) mass is 366 g/mol. The molecule has 4 aromatic heterocycles. The summed E-state index contributed by atoms with van der Waals surface area (Å²) in [7, 11) is 0. The predicted octanol–water partition coefficient (Wildman–Crippen LogP) is 2.63. The molecule has 4 aromatic rings. The van der Waals surface area contributed by atoms with Gasteiger partial charge in [-0.3, -0.25) is 4.79 Å². The van der Waals surface area contributed by atoms with Gasteiger partial charge in [0.05, 0.1) is 12.2 Å². The fourth-order valence-corrected chi connectivity index (χ4v) is 3.42. The van der Waals surface area contributed by atoms with Crippen LogP contribution >= 0.6 is 11.3 Å². The molecule has 1 amide bonds. The van der Waals surface area contributed by atoms with Crippen molar-refractivity contribution >= 4 is 28.5 Å². The van der Waals surface area contributed by atoms with Crippen LogP contribution in [0.2, 0.25) is 0 Å². The minimum Gasteiger partial charge on any atom is -0.437 e. The molecule has 0 aliphatic rings. The summed E-state index contributed by atoms with van der Waals surface area (Å²) in [5.41, 5.74) is 1.83. The fraction of sp³-hybridized carbons (Fsp3) is 0.176. The molecule has 9 heteroatoms. The Morgan fingerprint density at radius 3 is 2.73 bits per heavy atom. The molecule has 4 heterocycles. The number of fused-ring (bicyclic) bond motifs is 1. The highest BCUT2D eigenvalue weighted by Crippen LogP contribution is 2.26. The van der Waals surface area contributed by atoms with Gasteiger partial charge < -0.3 is 9.73 Å². The lowest BCUT2D eigenvalue weighted by Gasteiger charge is -2.01. The Labute approximate surface area is 152 Å². The molecule has 1 N–H and O–H groups in total. The van der Waals surface area contributed by atoms with Crippen LogP contribution in [0.5, 0.6) is 0 Å². The lowest BCUT2D eigenvalue weighted by atomic mass is 10.3. The Balaban J connectivity index is 1.53. The average Bonchev–Trinajstić information content (AvgIpc) is 3.30. The third-order valence-electron chi connectivity index (χ3n) is 3.60. The first-order valence-corrected chi connectivity index (χ1v) is 8.82. The molecule has 0 aromatic carbocycles. The van der Waals surface area contributed by atoms with Gasteiger partial charge in [0, 0.05) is 18.6 Å². The number of carbonyl (C=O) groups is 1. The molecule has 0 unspecified atom stereocenters. The molecule has 130 valence electrons. The van der Waals surface area contributed by atoms with Gasteiger partial charge in [-0.15, -0.1) is 11.3 Å². The number of rotatable bonds is 5. The second-order valence-electron chi connectivity index (χ2n) is 5.34. The molecule has 4 rings (SSSR count). The molecule has 0 saturated carbocycles. The second-order valence-corrected chi connectivity index (χ2v) is 6.34. The summed E-state index contributed by atoms with van der Waals surface area (Å²) in [5, 5.41) is 3.45. The summed E-state index contributed by atoms with van der Waals surface area (Å²) in [5.74, 6) is 0.689. The Morgan fingerprint density at radius 2 is 1.96 bits per heavy atom. The fourth-order valence-electron chi connectivity index (χ4n) is 2.40. The van der Waals surface area contributed by atoms with Gasteiger partial charge in [0.25, 0.3) is 5.91 Å². The van der Waals surface area contributed by atoms with E-state index in [1.807, 2.05) is 6.92 Å². The van der Waals surface area contributed by atoms with Crippen LogP contribution in [0, 0.1) is 0 Å². The van der Waals surface area contributed by atoms with Crippen LogP contribution in [0.25, 0.3) is 22.1 Å². The highest BCUT2D eigenvalue weighted by molar-refractivity contribution is 7.17. The van der Waals surface area contributed by atoms with E-state index in [1.54, 1.807) is 36.8 Å². The first-order valence-electron chi connectivity index (χ1n) is 8.00. The van der Waals surface area contributed by atoms with Crippen molar-refractivity contribution < 1.29 is 9.21 Å². The maximum absolute atomic E-state index is 12.6. The maximum atomic E-state index is 12.6. The molecule has 0 radical (unpaired) electrons. The molecule has 26 heavy (non-hydrogen) atoms. The zero-order valence-corrected chi connectivity index (χ0v) is 14.7. The van der Waals surface area contributed by atoms with E-state index < -0.39 is 0 Å². The Kier molecular flexibility index (Phi) is 4.36. The first-order chi connectivity index (χ1) is 12.7. The second kappa shape index (κ2) is 6.96. The number of thiazole rings is 1.